The monoisotopic (exact) mass is 454 g/mol. The van der Waals surface area contributed by atoms with Gasteiger partial charge in [-0.15, -0.1) is 0 Å². The Hall–Kier alpha value is -4.13. The smallest absolute Gasteiger partial charge is 0.251 e. The molecule has 172 valence electrons. The molecule has 34 heavy (non-hydrogen) atoms. The summed E-state index contributed by atoms with van der Waals surface area (Å²) in [5.41, 5.74) is 5.02. The molecular weight excluding hydrogens is 428 g/mol. The second kappa shape index (κ2) is 9.39. The number of aromatic nitrogens is 2. The van der Waals surface area contributed by atoms with E-state index in [0.717, 1.165) is 41.0 Å². The zero-order valence-electron chi connectivity index (χ0n) is 19.0. The third kappa shape index (κ3) is 5.26. The third-order valence-electron chi connectivity index (χ3n) is 5.73. The van der Waals surface area contributed by atoms with E-state index >= 15 is 0 Å². The largest absolute Gasteiger partial charge is 0.487 e. The number of nitrogens with one attached hydrogen (secondary N) is 2. The maximum absolute atomic E-state index is 12.7. The van der Waals surface area contributed by atoms with Gasteiger partial charge in [-0.05, 0) is 67.3 Å². The highest BCUT2D eigenvalue weighted by Gasteiger charge is 2.29. The van der Waals surface area contributed by atoms with Crippen LogP contribution in [0, 0.1) is 12.8 Å². The van der Waals surface area contributed by atoms with E-state index in [1.165, 1.54) is 0 Å². The van der Waals surface area contributed by atoms with Crippen molar-refractivity contribution in [2.24, 2.45) is 5.92 Å². The van der Waals surface area contributed by atoms with Crippen LogP contribution in [0.3, 0.4) is 0 Å². The van der Waals surface area contributed by atoms with Crippen LogP contribution >= 0.6 is 0 Å². The number of imidazole rings is 1. The van der Waals surface area contributed by atoms with E-state index in [1.807, 2.05) is 66.2 Å². The molecule has 2 amide bonds. The lowest BCUT2D eigenvalue weighted by molar-refractivity contribution is -0.117. The summed E-state index contributed by atoms with van der Waals surface area (Å²) in [5.74, 6) is 0.623. The average Bonchev–Trinajstić information content (AvgIpc) is 3.62. The molecule has 2 aromatic carbocycles. The molecule has 2 heterocycles. The van der Waals surface area contributed by atoms with E-state index in [0.29, 0.717) is 24.5 Å². The Labute approximate surface area is 197 Å². The first-order valence-corrected chi connectivity index (χ1v) is 11.4. The molecule has 5 rings (SSSR count). The van der Waals surface area contributed by atoms with E-state index < -0.39 is 0 Å². The SMILES string of the molecule is Cc1ccc2nc(COc3cccc(C(=O)NCc4cccc(NC(=O)C5CC5)c4)c3)cn2c1. The van der Waals surface area contributed by atoms with E-state index in [-0.39, 0.29) is 17.7 Å². The van der Waals surface area contributed by atoms with Crippen molar-refractivity contribution in [2.75, 3.05) is 5.32 Å². The molecule has 1 aliphatic rings. The predicted molar refractivity (Wildman–Crippen MR) is 130 cm³/mol. The second-order valence-corrected chi connectivity index (χ2v) is 8.67. The van der Waals surface area contributed by atoms with E-state index in [2.05, 4.69) is 15.6 Å². The lowest BCUT2D eigenvalue weighted by Crippen LogP contribution is -2.23. The van der Waals surface area contributed by atoms with Crippen molar-refractivity contribution in [3.05, 3.63) is 95.4 Å². The van der Waals surface area contributed by atoms with Crippen LogP contribution in [0.4, 0.5) is 5.69 Å². The summed E-state index contributed by atoms with van der Waals surface area (Å²) < 4.78 is 7.86. The first-order valence-electron chi connectivity index (χ1n) is 11.4. The number of hydrogen-bond donors (Lipinski definition) is 2. The number of anilines is 1. The molecule has 7 nitrogen and oxygen atoms in total. The van der Waals surface area contributed by atoms with E-state index in [1.54, 1.807) is 18.2 Å². The van der Waals surface area contributed by atoms with Gasteiger partial charge in [0.05, 0.1) is 5.69 Å². The summed E-state index contributed by atoms with van der Waals surface area (Å²) in [6.07, 6.45) is 5.89. The highest BCUT2D eigenvalue weighted by Crippen LogP contribution is 2.30. The minimum atomic E-state index is -0.193. The molecule has 0 radical (unpaired) electrons. The zero-order chi connectivity index (χ0) is 23.5. The molecule has 0 aliphatic heterocycles. The van der Waals surface area contributed by atoms with Crippen LogP contribution in [0.15, 0.2) is 73.1 Å². The van der Waals surface area contributed by atoms with Crippen LogP contribution in [0.25, 0.3) is 5.65 Å². The number of hydrogen-bond acceptors (Lipinski definition) is 4. The summed E-state index contributed by atoms with van der Waals surface area (Å²) in [6, 6.07) is 18.6. The molecule has 0 unspecified atom stereocenters. The normalized spacial score (nSPS) is 13.0. The Kier molecular flexibility index (Phi) is 5.99. The van der Waals surface area contributed by atoms with Crippen molar-refractivity contribution in [2.45, 2.75) is 32.9 Å². The van der Waals surface area contributed by atoms with Gasteiger partial charge in [-0.3, -0.25) is 9.59 Å². The van der Waals surface area contributed by atoms with Gasteiger partial charge < -0.3 is 19.8 Å². The molecular formula is C27H26N4O3. The fourth-order valence-electron chi connectivity index (χ4n) is 3.74. The van der Waals surface area contributed by atoms with Crippen molar-refractivity contribution in [3.8, 4) is 5.75 Å². The number of amides is 2. The number of carbonyl (C=O) groups is 2. The molecule has 4 aromatic rings. The van der Waals surface area contributed by atoms with Crippen LogP contribution < -0.4 is 15.4 Å². The third-order valence-corrected chi connectivity index (χ3v) is 5.73. The van der Waals surface area contributed by atoms with Gasteiger partial charge in [-0.2, -0.15) is 0 Å². The molecule has 1 fully saturated rings. The standard InChI is InChI=1S/C27H26N4O3/c1-18-8-11-25-29-23(16-31(25)15-18)17-34-24-7-3-5-21(13-24)26(32)28-14-19-4-2-6-22(12-19)30-27(33)20-9-10-20/h2-8,11-13,15-16,20H,9-10,14,17H2,1H3,(H,28,32)(H,30,33). The Balaban J connectivity index is 1.17. The number of fused-ring (bicyclic) bond motifs is 1. The summed E-state index contributed by atoms with van der Waals surface area (Å²) in [6.45, 7) is 2.71. The average molecular weight is 455 g/mol. The molecule has 0 spiro atoms. The predicted octanol–water partition coefficient (Wildman–Crippen LogP) is 4.50. The van der Waals surface area contributed by atoms with Crippen LogP contribution in [-0.4, -0.2) is 21.2 Å². The zero-order valence-corrected chi connectivity index (χ0v) is 19.0. The van der Waals surface area contributed by atoms with Gasteiger partial charge in [-0.25, -0.2) is 4.98 Å². The summed E-state index contributed by atoms with van der Waals surface area (Å²) in [5, 5.41) is 5.87. The number of ether oxygens (including phenoxy) is 1. The summed E-state index contributed by atoms with van der Waals surface area (Å²) in [4.78, 5) is 29.2. The van der Waals surface area contributed by atoms with Crippen molar-refractivity contribution in [3.63, 3.8) is 0 Å². The molecule has 7 heteroatoms. The van der Waals surface area contributed by atoms with Gasteiger partial charge >= 0.3 is 0 Å². The van der Waals surface area contributed by atoms with E-state index in [4.69, 9.17) is 4.74 Å². The van der Waals surface area contributed by atoms with Crippen molar-refractivity contribution >= 4 is 23.1 Å². The second-order valence-electron chi connectivity index (χ2n) is 8.67. The number of rotatable bonds is 8. The van der Waals surface area contributed by atoms with Gasteiger partial charge in [0.15, 0.2) is 0 Å². The number of carbonyl (C=O) groups excluding carboxylic acids is 2. The van der Waals surface area contributed by atoms with E-state index in [9.17, 15) is 9.59 Å². The van der Waals surface area contributed by atoms with Crippen LogP contribution in [0.2, 0.25) is 0 Å². The highest BCUT2D eigenvalue weighted by atomic mass is 16.5. The first kappa shape index (κ1) is 21.7. The maximum Gasteiger partial charge on any atom is 0.251 e. The van der Waals surface area contributed by atoms with Crippen LogP contribution in [0.5, 0.6) is 5.75 Å². The summed E-state index contributed by atoms with van der Waals surface area (Å²) >= 11 is 0. The number of pyridine rings is 1. The molecule has 0 atom stereocenters. The molecule has 0 bridgehead atoms. The fraction of sp³-hybridized carbons (Fsp3) is 0.222. The van der Waals surface area contributed by atoms with Gasteiger partial charge in [0.25, 0.3) is 5.91 Å². The minimum Gasteiger partial charge on any atom is -0.487 e. The van der Waals surface area contributed by atoms with Crippen molar-refractivity contribution in [1.29, 1.82) is 0 Å². The quantitative estimate of drug-likeness (QED) is 0.411. The minimum absolute atomic E-state index is 0.0664. The van der Waals surface area contributed by atoms with Crippen LogP contribution in [-0.2, 0) is 17.9 Å². The summed E-state index contributed by atoms with van der Waals surface area (Å²) in [7, 11) is 0. The Morgan fingerprint density at radius 3 is 2.76 bits per heavy atom. The molecule has 2 N–H and O–H groups in total. The Bertz CT molecular complexity index is 1360. The van der Waals surface area contributed by atoms with Gasteiger partial charge in [-0.1, -0.05) is 24.3 Å². The first-order chi connectivity index (χ1) is 16.5. The van der Waals surface area contributed by atoms with Gasteiger partial charge in [0, 0.05) is 36.1 Å². The molecule has 1 aliphatic carbocycles. The number of aryl methyl sites for hydroxylation is 1. The van der Waals surface area contributed by atoms with Gasteiger partial charge in [0.2, 0.25) is 5.91 Å². The van der Waals surface area contributed by atoms with Crippen molar-refractivity contribution in [1.82, 2.24) is 14.7 Å². The fourth-order valence-corrected chi connectivity index (χ4v) is 3.74. The maximum atomic E-state index is 12.7. The van der Waals surface area contributed by atoms with Gasteiger partial charge in [0.1, 0.15) is 18.0 Å². The molecule has 2 aromatic heterocycles. The van der Waals surface area contributed by atoms with Crippen molar-refractivity contribution < 1.29 is 14.3 Å². The topological polar surface area (TPSA) is 84.7 Å². The number of benzene rings is 2. The molecule has 1 saturated carbocycles. The lowest BCUT2D eigenvalue weighted by Gasteiger charge is -2.10. The molecule has 0 saturated heterocycles. The van der Waals surface area contributed by atoms with Crippen LogP contribution in [0.1, 0.15) is 40.0 Å². The Morgan fingerprint density at radius 1 is 1.06 bits per heavy atom. The Morgan fingerprint density at radius 2 is 1.91 bits per heavy atom. The number of nitrogens with zero attached hydrogens (tertiary/aromatic N) is 2. The highest BCUT2D eigenvalue weighted by molar-refractivity contribution is 5.95. The lowest BCUT2D eigenvalue weighted by atomic mass is 10.1.